The third-order valence-electron chi connectivity index (χ3n) is 2.90. The molecular weight excluding hydrogens is 204 g/mol. The molecule has 0 unspecified atom stereocenters. The number of anilines is 3. The number of likely N-dealkylation sites (N-methyl/N-ethyl adjacent to an activating group) is 1. The highest BCUT2D eigenvalue weighted by atomic mass is 15.3. The molecule has 2 heterocycles. The normalized spacial score (nSPS) is 17.5. The van der Waals surface area contributed by atoms with Gasteiger partial charge in [-0.2, -0.15) is 0 Å². The smallest absolute Gasteiger partial charge is 0.157 e. The number of aromatic nitrogens is 2. The Morgan fingerprint density at radius 1 is 1.25 bits per heavy atom. The van der Waals surface area contributed by atoms with E-state index in [2.05, 4.69) is 32.1 Å². The van der Waals surface area contributed by atoms with Crippen LogP contribution in [0.5, 0.6) is 0 Å². The van der Waals surface area contributed by atoms with Gasteiger partial charge in [0.1, 0.15) is 12.0 Å². The molecule has 0 saturated carbocycles. The van der Waals surface area contributed by atoms with Gasteiger partial charge in [0.15, 0.2) is 11.6 Å². The summed E-state index contributed by atoms with van der Waals surface area (Å²) in [5.74, 6) is 1.54. The molecule has 0 radical (unpaired) electrons. The fraction of sp³-hybridized carbons (Fsp3) is 0.600. The zero-order chi connectivity index (χ0) is 11.5. The monoisotopic (exact) mass is 222 g/mol. The zero-order valence-corrected chi connectivity index (χ0v) is 9.77. The maximum atomic E-state index is 6.02. The van der Waals surface area contributed by atoms with Crippen LogP contribution in [0.3, 0.4) is 0 Å². The Balaban J connectivity index is 2.20. The van der Waals surface area contributed by atoms with Gasteiger partial charge in [-0.15, -0.1) is 0 Å². The number of nitrogen functional groups attached to an aromatic ring is 1. The van der Waals surface area contributed by atoms with Crippen LogP contribution >= 0.6 is 0 Å². The summed E-state index contributed by atoms with van der Waals surface area (Å²) in [6.07, 6.45) is 1.55. The maximum Gasteiger partial charge on any atom is 0.157 e. The fourth-order valence-corrected chi connectivity index (χ4v) is 1.86. The first-order valence-corrected chi connectivity index (χ1v) is 5.44. The predicted molar refractivity (Wildman–Crippen MR) is 65.7 cm³/mol. The lowest BCUT2D eigenvalue weighted by molar-refractivity contribution is 0.312. The summed E-state index contributed by atoms with van der Waals surface area (Å²) in [5, 5.41) is 2.97. The number of rotatable bonds is 2. The van der Waals surface area contributed by atoms with E-state index in [1.807, 2.05) is 7.05 Å². The van der Waals surface area contributed by atoms with Crippen LogP contribution in [-0.4, -0.2) is 55.1 Å². The van der Waals surface area contributed by atoms with E-state index in [1.165, 1.54) is 0 Å². The van der Waals surface area contributed by atoms with Crippen LogP contribution in [0.2, 0.25) is 0 Å². The van der Waals surface area contributed by atoms with E-state index in [4.69, 9.17) is 5.73 Å². The van der Waals surface area contributed by atoms with Gasteiger partial charge in [0.25, 0.3) is 0 Å². The largest absolute Gasteiger partial charge is 0.393 e. The number of hydrogen-bond donors (Lipinski definition) is 2. The Labute approximate surface area is 95.5 Å². The molecule has 88 valence electrons. The number of nitrogens with two attached hydrogens (primary N) is 1. The van der Waals surface area contributed by atoms with Crippen molar-refractivity contribution < 1.29 is 0 Å². The van der Waals surface area contributed by atoms with Crippen molar-refractivity contribution in [3.05, 3.63) is 6.33 Å². The molecule has 1 aliphatic heterocycles. The molecule has 1 aliphatic rings. The van der Waals surface area contributed by atoms with E-state index in [0.29, 0.717) is 11.5 Å². The first-order valence-electron chi connectivity index (χ1n) is 5.44. The molecule has 6 heteroatoms. The van der Waals surface area contributed by atoms with Crippen LogP contribution in [0.25, 0.3) is 0 Å². The van der Waals surface area contributed by atoms with E-state index < -0.39 is 0 Å². The minimum Gasteiger partial charge on any atom is -0.393 e. The summed E-state index contributed by atoms with van der Waals surface area (Å²) in [5.41, 5.74) is 6.65. The lowest BCUT2D eigenvalue weighted by Crippen LogP contribution is -2.45. The molecule has 16 heavy (non-hydrogen) atoms. The molecular formula is C10H18N6. The average molecular weight is 222 g/mol. The van der Waals surface area contributed by atoms with Crippen molar-refractivity contribution in [3.8, 4) is 0 Å². The molecule has 1 aromatic rings. The molecule has 6 nitrogen and oxygen atoms in total. The third-order valence-corrected chi connectivity index (χ3v) is 2.90. The minimum absolute atomic E-state index is 0.634. The molecule has 3 N–H and O–H groups in total. The second kappa shape index (κ2) is 4.52. The van der Waals surface area contributed by atoms with Crippen LogP contribution in [0.4, 0.5) is 17.3 Å². The highest BCUT2D eigenvalue weighted by Crippen LogP contribution is 2.26. The Morgan fingerprint density at radius 2 is 1.94 bits per heavy atom. The number of piperazine rings is 1. The van der Waals surface area contributed by atoms with Crippen molar-refractivity contribution in [2.24, 2.45) is 0 Å². The first kappa shape index (κ1) is 10.9. The van der Waals surface area contributed by atoms with Crippen LogP contribution < -0.4 is 16.0 Å². The average Bonchev–Trinajstić information content (AvgIpc) is 2.31. The van der Waals surface area contributed by atoms with Crippen molar-refractivity contribution in [1.29, 1.82) is 0 Å². The molecule has 0 bridgehead atoms. The van der Waals surface area contributed by atoms with Crippen molar-refractivity contribution in [2.75, 3.05) is 56.2 Å². The number of hydrogen-bond acceptors (Lipinski definition) is 6. The summed E-state index contributed by atoms with van der Waals surface area (Å²) in [4.78, 5) is 12.9. The van der Waals surface area contributed by atoms with E-state index in [1.54, 1.807) is 6.33 Å². The molecule has 1 saturated heterocycles. The fourth-order valence-electron chi connectivity index (χ4n) is 1.86. The summed E-state index contributed by atoms with van der Waals surface area (Å²) < 4.78 is 0. The Bertz CT molecular complexity index is 358. The quantitative estimate of drug-likeness (QED) is 0.725. The Morgan fingerprint density at radius 3 is 2.56 bits per heavy atom. The highest BCUT2D eigenvalue weighted by molar-refractivity contribution is 5.74. The van der Waals surface area contributed by atoms with E-state index in [-0.39, 0.29) is 0 Å². The Hall–Kier alpha value is -1.56. The van der Waals surface area contributed by atoms with Crippen LogP contribution in [0, 0.1) is 0 Å². The van der Waals surface area contributed by atoms with Crippen LogP contribution in [0.15, 0.2) is 6.33 Å². The molecule has 1 aromatic heterocycles. The van der Waals surface area contributed by atoms with Gasteiger partial charge in [-0.25, -0.2) is 9.97 Å². The first-order chi connectivity index (χ1) is 7.72. The van der Waals surface area contributed by atoms with Crippen molar-refractivity contribution in [1.82, 2.24) is 14.9 Å². The van der Waals surface area contributed by atoms with Gasteiger partial charge in [-0.3, -0.25) is 0 Å². The molecule has 1 fully saturated rings. The van der Waals surface area contributed by atoms with Crippen LogP contribution in [0.1, 0.15) is 0 Å². The summed E-state index contributed by atoms with van der Waals surface area (Å²) in [7, 11) is 3.94. The van der Waals surface area contributed by atoms with Gasteiger partial charge < -0.3 is 20.9 Å². The third kappa shape index (κ3) is 2.01. The van der Waals surface area contributed by atoms with Gasteiger partial charge >= 0.3 is 0 Å². The second-order valence-corrected chi connectivity index (χ2v) is 4.00. The predicted octanol–water partition coefficient (Wildman–Crippen LogP) is -0.148. The minimum atomic E-state index is 0.634. The maximum absolute atomic E-state index is 6.02. The van der Waals surface area contributed by atoms with Crippen molar-refractivity contribution in [2.45, 2.75) is 0 Å². The second-order valence-electron chi connectivity index (χ2n) is 4.00. The zero-order valence-electron chi connectivity index (χ0n) is 9.77. The van der Waals surface area contributed by atoms with E-state index in [9.17, 15) is 0 Å². The molecule has 0 aromatic carbocycles. The number of nitrogens with one attached hydrogen (secondary N) is 1. The molecule has 0 amide bonds. The van der Waals surface area contributed by atoms with E-state index >= 15 is 0 Å². The van der Waals surface area contributed by atoms with E-state index in [0.717, 1.165) is 32.0 Å². The van der Waals surface area contributed by atoms with Gasteiger partial charge in [0.2, 0.25) is 0 Å². The number of nitrogens with zero attached hydrogens (tertiary/aromatic N) is 4. The van der Waals surface area contributed by atoms with Crippen LogP contribution in [-0.2, 0) is 0 Å². The van der Waals surface area contributed by atoms with Gasteiger partial charge in [-0.1, -0.05) is 0 Å². The summed E-state index contributed by atoms with van der Waals surface area (Å²) >= 11 is 0. The standard InChI is InChI=1S/C10H18N6/c1-12-9-8(11)10(14-7-13-9)16-5-3-15(2)4-6-16/h7H,3-6,11H2,1-2H3,(H,12,13,14). The summed E-state index contributed by atoms with van der Waals surface area (Å²) in [6, 6.07) is 0. The Kier molecular flexibility index (Phi) is 3.09. The van der Waals surface area contributed by atoms with Crippen molar-refractivity contribution >= 4 is 17.3 Å². The lowest BCUT2D eigenvalue weighted by atomic mass is 10.3. The molecule has 0 atom stereocenters. The highest BCUT2D eigenvalue weighted by Gasteiger charge is 2.18. The molecule has 2 rings (SSSR count). The SMILES string of the molecule is CNc1ncnc(N2CCN(C)CC2)c1N. The van der Waals surface area contributed by atoms with Gasteiger partial charge in [0.05, 0.1) is 0 Å². The van der Waals surface area contributed by atoms with Gasteiger partial charge in [-0.05, 0) is 7.05 Å². The van der Waals surface area contributed by atoms with Gasteiger partial charge in [0, 0.05) is 33.2 Å². The molecule has 0 aliphatic carbocycles. The topological polar surface area (TPSA) is 70.3 Å². The van der Waals surface area contributed by atoms with Crippen molar-refractivity contribution in [3.63, 3.8) is 0 Å². The molecule has 0 spiro atoms. The lowest BCUT2D eigenvalue weighted by Gasteiger charge is -2.33. The summed E-state index contributed by atoms with van der Waals surface area (Å²) in [6.45, 7) is 4.00.